The number of nitrogens with one attached hydrogen (secondary N) is 2. The highest BCUT2D eigenvalue weighted by molar-refractivity contribution is 14.0. The van der Waals surface area contributed by atoms with E-state index in [4.69, 9.17) is 11.6 Å². The Kier molecular flexibility index (Phi) is 6.09. The molecule has 2 unspecified atom stereocenters. The molecule has 0 aromatic heterocycles. The minimum absolute atomic E-state index is 0. The van der Waals surface area contributed by atoms with Crippen molar-refractivity contribution in [2.75, 3.05) is 7.05 Å². The summed E-state index contributed by atoms with van der Waals surface area (Å²) in [5, 5.41) is 7.25. The van der Waals surface area contributed by atoms with Crippen molar-refractivity contribution in [3.8, 4) is 0 Å². The van der Waals surface area contributed by atoms with Gasteiger partial charge in [-0.3, -0.25) is 4.99 Å². The van der Waals surface area contributed by atoms with Crippen LogP contribution in [0.1, 0.15) is 30.7 Å². The van der Waals surface area contributed by atoms with Crippen LogP contribution in [0.25, 0.3) is 0 Å². The van der Waals surface area contributed by atoms with Crippen molar-refractivity contribution >= 4 is 41.5 Å². The third kappa shape index (κ3) is 3.93. The molecule has 0 amide bonds. The normalized spacial score (nSPS) is 24.0. The topological polar surface area (TPSA) is 36.4 Å². The number of halogens is 3. The van der Waals surface area contributed by atoms with E-state index in [9.17, 15) is 4.39 Å². The molecule has 2 aliphatic rings. The molecule has 2 aliphatic carbocycles. The summed E-state index contributed by atoms with van der Waals surface area (Å²) in [7, 11) is 1.76. The van der Waals surface area contributed by atoms with Gasteiger partial charge >= 0.3 is 0 Å². The lowest BCUT2D eigenvalue weighted by atomic mass is 10.1. The van der Waals surface area contributed by atoms with E-state index in [-0.39, 0.29) is 41.8 Å². The molecule has 2 N–H and O–H groups in total. The molecule has 0 radical (unpaired) electrons. The van der Waals surface area contributed by atoms with E-state index in [1.165, 1.54) is 6.07 Å². The summed E-state index contributed by atoms with van der Waals surface area (Å²) in [6.45, 7) is 0. The van der Waals surface area contributed by atoms with Crippen LogP contribution < -0.4 is 10.6 Å². The minimum Gasteiger partial charge on any atom is -0.353 e. The summed E-state index contributed by atoms with van der Waals surface area (Å²) in [4.78, 5) is 4.24. The van der Waals surface area contributed by atoms with Gasteiger partial charge in [0.2, 0.25) is 0 Å². The molecule has 120 valence electrons. The van der Waals surface area contributed by atoms with Gasteiger partial charge in [0.05, 0.1) is 0 Å². The summed E-state index contributed by atoms with van der Waals surface area (Å²) in [5.74, 6) is 0.683. The van der Waals surface area contributed by atoms with Crippen molar-refractivity contribution in [2.24, 2.45) is 4.99 Å². The Morgan fingerprint density at radius 2 is 2.00 bits per heavy atom. The monoisotopic (exact) mass is 435 g/mol. The molecule has 1 aromatic carbocycles. The lowest BCUT2D eigenvalue weighted by Gasteiger charge is -2.17. The maximum Gasteiger partial charge on any atom is 0.191 e. The van der Waals surface area contributed by atoms with Crippen LogP contribution in [0, 0.1) is 5.82 Å². The Hall–Kier alpha value is -0.820. The molecule has 3 nitrogen and oxygen atoms in total. The first-order chi connectivity index (χ1) is 10.2. The summed E-state index contributed by atoms with van der Waals surface area (Å²) in [6, 6.07) is 5.45. The van der Waals surface area contributed by atoms with E-state index in [1.807, 2.05) is 0 Å². The fourth-order valence-corrected chi connectivity index (χ4v) is 3.12. The van der Waals surface area contributed by atoms with Crippen LogP contribution in [0.4, 0.5) is 4.39 Å². The summed E-state index contributed by atoms with van der Waals surface area (Å²) >= 11 is 6.12. The van der Waals surface area contributed by atoms with E-state index in [1.54, 1.807) is 19.2 Å². The zero-order valence-electron chi connectivity index (χ0n) is 12.4. The predicted molar refractivity (Wildman–Crippen MR) is 99.8 cm³/mol. The maximum absolute atomic E-state index is 13.9. The quantitative estimate of drug-likeness (QED) is 0.328. The predicted octanol–water partition coefficient (Wildman–Crippen LogP) is 3.84. The van der Waals surface area contributed by atoms with Crippen molar-refractivity contribution in [1.29, 1.82) is 0 Å². The van der Waals surface area contributed by atoms with Gasteiger partial charge in [0.25, 0.3) is 0 Å². The number of guanidine groups is 1. The number of benzene rings is 1. The van der Waals surface area contributed by atoms with Crippen LogP contribution in [-0.2, 0) is 0 Å². The standard InChI is InChI=1S/C16H19ClFN3.HI/c1-19-16(20-10-5-2-3-6-10)21-14-9-11(14)15-12(17)7-4-8-13(15)18;/h2-4,7-8,10-11,14H,5-6,9H2,1H3,(H2,19,20,21);1H. The first-order valence-electron chi connectivity index (χ1n) is 7.27. The summed E-state index contributed by atoms with van der Waals surface area (Å²) < 4.78 is 13.9. The second-order valence-corrected chi connectivity index (χ2v) is 5.99. The molecule has 3 rings (SSSR count). The number of nitrogens with zero attached hydrogens (tertiary/aromatic N) is 1. The summed E-state index contributed by atoms with van der Waals surface area (Å²) in [5.41, 5.74) is 0.620. The van der Waals surface area contributed by atoms with E-state index in [0.717, 1.165) is 25.2 Å². The maximum atomic E-state index is 13.9. The molecule has 2 atom stereocenters. The highest BCUT2D eigenvalue weighted by Crippen LogP contribution is 2.44. The Labute approximate surface area is 152 Å². The highest BCUT2D eigenvalue weighted by Gasteiger charge is 2.42. The first kappa shape index (κ1) is 17.5. The molecular formula is C16H20ClFIN3. The molecule has 0 aliphatic heterocycles. The average Bonchev–Trinajstić information content (AvgIpc) is 2.99. The number of rotatable bonds is 3. The Morgan fingerprint density at radius 3 is 2.64 bits per heavy atom. The fourth-order valence-electron chi connectivity index (χ4n) is 2.81. The largest absolute Gasteiger partial charge is 0.353 e. The van der Waals surface area contributed by atoms with Crippen LogP contribution in [0.5, 0.6) is 0 Å². The van der Waals surface area contributed by atoms with Crippen LogP contribution in [-0.4, -0.2) is 25.1 Å². The molecule has 0 spiro atoms. The van der Waals surface area contributed by atoms with Crippen molar-refractivity contribution in [1.82, 2.24) is 10.6 Å². The van der Waals surface area contributed by atoms with Gasteiger partial charge in [0, 0.05) is 35.6 Å². The van der Waals surface area contributed by atoms with Crippen molar-refractivity contribution in [2.45, 2.75) is 37.3 Å². The van der Waals surface area contributed by atoms with Crippen LogP contribution in [0.3, 0.4) is 0 Å². The van der Waals surface area contributed by atoms with Crippen LogP contribution in [0.2, 0.25) is 5.02 Å². The summed E-state index contributed by atoms with van der Waals surface area (Å²) in [6.07, 6.45) is 7.26. The van der Waals surface area contributed by atoms with Gasteiger partial charge in [0.15, 0.2) is 5.96 Å². The molecule has 1 aromatic rings. The van der Waals surface area contributed by atoms with Crippen molar-refractivity contribution in [3.05, 3.63) is 46.8 Å². The van der Waals surface area contributed by atoms with Gasteiger partial charge in [0.1, 0.15) is 5.82 Å². The molecular weight excluding hydrogens is 416 g/mol. The fraction of sp³-hybridized carbons (Fsp3) is 0.438. The highest BCUT2D eigenvalue weighted by atomic mass is 127. The van der Waals surface area contributed by atoms with Crippen molar-refractivity contribution in [3.63, 3.8) is 0 Å². The van der Waals surface area contributed by atoms with E-state index in [2.05, 4.69) is 27.8 Å². The van der Waals surface area contributed by atoms with Gasteiger partial charge in [-0.15, -0.1) is 24.0 Å². The van der Waals surface area contributed by atoms with E-state index in [0.29, 0.717) is 16.6 Å². The third-order valence-electron chi connectivity index (χ3n) is 4.06. The number of aliphatic imine (C=N–C) groups is 1. The molecule has 6 heteroatoms. The molecule has 1 saturated carbocycles. The number of hydrogen-bond donors (Lipinski definition) is 2. The molecule has 0 heterocycles. The molecule has 0 saturated heterocycles. The van der Waals surface area contributed by atoms with Crippen LogP contribution >= 0.6 is 35.6 Å². The first-order valence-corrected chi connectivity index (χ1v) is 7.65. The minimum atomic E-state index is -0.222. The smallest absolute Gasteiger partial charge is 0.191 e. The Balaban J connectivity index is 0.00000176. The van der Waals surface area contributed by atoms with E-state index < -0.39 is 0 Å². The van der Waals surface area contributed by atoms with Gasteiger partial charge in [-0.05, 0) is 31.4 Å². The van der Waals surface area contributed by atoms with Crippen molar-refractivity contribution < 1.29 is 4.39 Å². The van der Waals surface area contributed by atoms with Gasteiger partial charge in [-0.2, -0.15) is 0 Å². The second-order valence-electron chi connectivity index (χ2n) is 5.58. The lowest BCUT2D eigenvalue weighted by Crippen LogP contribution is -2.43. The molecule has 22 heavy (non-hydrogen) atoms. The zero-order valence-corrected chi connectivity index (χ0v) is 15.4. The average molecular weight is 436 g/mol. The van der Waals surface area contributed by atoms with Gasteiger partial charge < -0.3 is 10.6 Å². The van der Waals surface area contributed by atoms with Gasteiger partial charge in [-0.1, -0.05) is 29.8 Å². The number of hydrogen-bond acceptors (Lipinski definition) is 1. The Morgan fingerprint density at radius 1 is 1.27 bits per heavy atom. The SMILES string of the molecule is CN=C(NC1CC=CC1)NC1CC1c1c(F)cccc1Cl.I. The molecule has 1 fully saturated rings. The third-order valence-corrected chi connectivity index (χ3v) is 4.38. The van der Waals surface area contributed by atoms with E-state index >= 15 is 0 Å². The zero-order chi connectivity index (χ0) is 14.8. The second kappa shape index (κ2) is 7.64. The lowest BCUT2D eigenvalue weighted by molar-refractivity contribution is 0.605. The van der Waals surface area contributed by atoms with Gasteiger partial charge in [-0.25, -0.2) is 4.39 Å². The Bertz CT molecular complexity index is 563. The molecule has 0 bridgehead atoms. The van der Waals surface area contributed by atoms with Crippen LogP contribution in [0.15, 0.2) is 35.3 Å².